The van der Waals surface area contributed by atoms with Crippen LogP contribution in [0.25, 0.3) is 0 Å². The van der Waals surface area contributed by atoms with Gasteiger partial charge in [0.2, 0.25) is 0 Å². The zero-order valence-corrected chi connectivity index (χ0v) is 12.1. The van der Waals surface area contributed by atoms with Crippen molar-refractivity contribution in [1.29, 1.82) is 0 Å². The molecule has 1 atom stereocenters. The lowest BCUT2D eigenvalue weighted by Crippen LogP contribution is -2.22. The molecular formula is C17H19F2NO. The summed E-state index contributed by atoms with van der Waals surface area (Å²) in [4.78, 5) is 0. The van der Waals surface area contributed by atoms with Gasteiger partial charge in [-0.1, -0.05) is 48.9 Å². The van der Waals surface area contributed by atoms with Gasteiger partial charge in [-0.25, -0.2) is 0 Å². The zero-order chi connectivity index (χ0) is 15.2. The van der Waals surface area contributed by atoms with Crippen LogP contribution in [0.3, 0.4) is 0 Å². The number of halogens is 2. The summed E-state index contributed by atoms with van der Waals surface area (Å²) in [5.41, 5.74) is 3.36. The van der Waals surface area contributed by atoms with E-state index in [1.54, 1.807) is 12.1 Å². The predicted molar refractivity (Wildman–Crippen MR) is 79.8 cm³/mol. The number of ether oxygens (including phenoxy) is 1. The number of aryl methyl sites for hydroxylation is 1. The molecule has 21 heavy (non-hydrogen) atoms. The van der Waals surface area contributed by atoms with Crippen molar-refractivity contribution in [2.24, 2.45) is 0 Å². The summed E-state index contributed by atoms with van der Waals surface area (Å²) in [6, 6.07) is 15.1. The van der Waals surface area contributed by atoms with Gasteiger partial charge in [0.05, 0.1) is 6.04 Å². The lowest BCUT2D eigenvalue weighted by atomic mass is 9.97. The quantitative estimate of drug-likeness (QED) is 0.857. The highest BCUT2D eigenvalue weighted by atomic mass is 19.3. The molecule has 0 heterocycles. The molecule has 0 saturated heterocycles. The molecule has 0 saturated carbocycles. The van der Waals surface area contributed by atoms with Crippen LogP contribution in [0.15, 0.2) is 48.5 Å². The molecule has 2 rings (SSSR count). The van der Waals surface area contributed by atoms with Gasteiger partial charge in [-0.15, -0.1) is 0 Å². The summed E-state index contributed by atoms with van der Waals surface area (Å²) in [6.45, 7) is 2.11. The predicted octanol–water partition coefficient (Wildman–Crippen LogP) is 4.30. The minimum atomic E-state index is -2.79. The molecule has 0 aromatic heterocycles. The Morgan fingerprint density at radius 1 is 1.05 bits per heavy atom. The van der Waals surface area contributed by atoms with Crippen LogP contribution in [0, 0.1) is 6.92 Å². The highest BCUT2D eigenvalue weighted by Crippen LogP contribution is 2.25. The summed E-state index contributed by atoms with van der Waals surface area (Å²) in [5, 5.41) is 3.41. The van der Waals surface area contributed by atoms with Gasteiger partial charge in [0.25, 0.3) is 0 Å². The molecule has 112 valence electrons. The van der Waals surface area contributed by atoms with Gasteiger partial charge < -0.3 is 10.1 Å². The fourth-order valence-corrected chi connectivity index (χ4v) is 2.32. The first-order chi connectivity index (χ1) is 10.1. The molecular weight excluding hydrogens is 272 g/mol. The highest BCUT2D eigenvalue weighted by molar-refractivity contribution is 5.36. The van der Waals surface area contributed by atoms with Gasteiger partial charge in [0, 0.05) is 0 Å². The largest absolute Gasteiger partial charge is 0.435 e. The van der Waals surface area contributed by atoms with Crippen molar-refractivity contribution in [3.8, 4) is 5.75 Å². The Hall–Kier alpha value is -1.94. The second-order valence-electron chi connectivity index (χ2n) is 4.85. The van der Waals surface area contributed by atoms with Crippen LogP contribution < -0.4 is 10.1 Å². The number of hydrogen-bond acceptors (Lipinski definition) is 2. The van der Waals surface area contributed by atoms with E-state index in [4.69, 9.17) is 0 Å². The average molecular weight is 291 g/mol. The fourth-order valence-electron chi connectivity index (χ4n) is 2.32. The maximum absolute atomic E-state index is 12.2. The molecule has 4 heteroatoms. The first kappa shape index (κ1) is 15.4. The van der Waals surface area contributed by atoms with E-state index in [9.17, 15) is 8.78 Å². The Morgan fingerprint density at radius 2 is 1.76 bits per heavy atom. The molecule has 0 bridgehead atoms. The number of hydrogen-bond donors (Lipinski definition) is 1. The Kier molecular flexibility index (Phi) is 5.28. The van der Waals surface area contributed by atoms with E-state index in [2.05, 4.69) is 22.2 Å². The number of benzene rings is 2. The Bertz CT molecular complexity index is 569. The van der Waals surface area contributed by atoms with Crippen LogP contribution >= 0.6 is 0 Å². The van der Waals surface area contributed by atoms with Crippen LogP contribution in [-0.2, 0) is 0 Å². The number of alkyl halides is 2. The molecule has 0 fully saturated rings. The molecule has 1 unspecified atom stereocenters. The summed E-state index contributed by atoms with van der Waals surface area (Å²) >= 11 is 0. The van der Waals surface area contributed by atoms with Gasteiger partial charge in [-0.2, -0.15) is 8.78 Å². The van der Waals surface area contributed by atoms with E-state index in [0.29, 0.717) is 0 Å². The smallest absolute Gasteiger partial charge is 0.387 e. The lowest BCUT2D eigenvalue weighted by molar-refractivity contribution is -0.0498. The zero-order valence-electron chi connectivity index (χ0n) is 12.1. The molecule has 0 radical (unpaired) electrons. The highest BCUT2D eigenvalue weighted by Gasteiger charge is 2.13. The Labute approximate surface area is 123 Å². The van der Waals surface area contributed by atoms with Crippen LogP contribution in [0.1, 0.15) is 29.7 Å². The van der Waals surface area contributed by atoms with E-state index in [0.717, 1.165) is 17.7 Å². The van der Waals surface area contributed by atoms with Crippen molar-refractivity contribution in [1.82, 2.24) is 5.32 Å². The van der Waals surface area contributed by atoms with E-state index in [1.165, 1.54) is 5.56 Å². The maximum atomic E-state index is 12.2. The van der Waals surface area contributed by atoms with E-state index in [1.807, 2.05) is 38.1 Å². The SMILES string of the molecule is CCNC(c1ccc(OC(F)F)cc1)c1cccc(C)c1. The van der Waals surface area contributed by atoms with Gasteiger partial charge in [-0.3, -0.25) is 0 Å². The van der Waals surface area contributed by atoms with E-state index >= 15 is 0 Å². The summed E-state index contributed by atoms with van der Waals surface area (Å²) < 4.78 is 28.7. The molecule has 0 aliphatic carbocycles. The fraction of sp³-hybridized carbons (Fsp3) is 0.294. The van der Waals surface area contributed by atoms with Gasteiger partial charge in [0.1, 0.15) is 5.75 Å². The summed E-state index contributed by atoms with van der Waals surface area (Å²) in [7, 11) is 0. The molecule has 0 spiro atoms. The molecule has 0 amide bonds. The third kappa shape index (κ3) is 4.26. The van der Waals surface area contributed by atoms with Crippen LogP contribution in [0.5, 0.6) is 5.75 Å². The second kappa shape index (κ2) is 7.18. The summed E-state index contributed by atoms with van der Waals surface area (Å²) in [6.07, 6.45) is 0. The Morgan fingerprint density at radius 3 is 2.33 bits per heavy atom. The Balaban J connectivity index is 2.26. The number of rotatable bonds is 6. The molecule has 2 nitrogen and oxygen atoms in total. The number of nitrogens with one attached hydrogen (secondary N) is 1. The first-order valence-electron chi connectivity index (χ1n) is 6.95. The lowest BCUT2D eigenvalue weighted by Gasteiger charge is -2.20. The van der Waals surface area contributed by atoms with Crippen molar-refractivity contribution >= 4 is 0 Å². The molecule has 2 aromatic carbocycles. The van der Waals surface area contributed by atoms with Crippen molar-refractivity contribution in [2.45, 2.75) is 26.5 Å². The first-order valence-corrected chi connectivity index (χ1v) is 6.95. The standard InChI is InChI=1S/C17H19F2NO/c1-3-20-16(14-6-4-5-12(2)11-14)13-7-9-15(10-8-13)21-17(18)19/h4-11,16-17,20H,3H2,1-2H3. The molecule has 0 aliphatic rings. The van der Waals surface area contributed by atoms with Crippen molar-refractivity contribution in [3.05, 3.63) is 65.2 Å². The topological polar surface area (TPSA) is 21.3 Å². The normalized spacial score (nSPS) is 12.4. The summed E-state index contributed by atoms with van der Waals surface area (Å²) in [5.74, 6) is 0.174. The molecule has 2 aromatic rings. The van der Waals surface area contributed by atoms with Crippen molar-refractivity contribution in [3.63, 3.8) is 0 Å². The minimum absolute atomic E-state index is 0.0375. The third-order valence-corrected chi connectivity index (χ3v) is 3.22. The van der Waals surface area contributed by atoms with Crippen molar-refractivity contribution < 1.29 is 13.5 Å². The third-order valence-electron chi connectivity index (χ3n) is 3.22. The van der Waals surface area contributed by atoms with E-state index in [-0.39, 0.29) is 11.8 Å². The van der Waals surface area contributed by atoms with Gasteiger partial charge >= 0.3 is 6.61 Å². The average Bonchev–Trinajstić information content (AvgIpc) is 2.45. The van der Waals surface area contributed by atoms with Gasteiger partial charge in [-0.05, 0) is 36.7 Å². The van der Waals surface area contributed by atoms with Crippen LogP contribution in [0.2, 0.25) is 0 Å². The minimum Gasteiger partial charge on any atom is -0.435 e. The molecule has 0 aliphatic heterocycles. The van der Waals surface area contributed by atoms with Crippen LogP contribution in [0.4, 0.5) is 8.78 Å². The van der Waals surface area contributed by atoms with E-state index < -0.39 is 6.61 Å². The second-order valence-corrected chi connectivity index (χ2v) is 4.85. The molecule has 1 N–H and O–H groups in total. The van der Waals surface area contributed by atoms with Crippen molar-refractivity contribution in [2.75, 3.05) is 6.54 Å². The van der Waals surface area contributed by atoms with Gasteiger partial charge in [0.15, 0.2) is 0 Å². The van der Waals surface area contributed by atoms with Crippen LogP contribution in [-0.4, -0.2) is 13.2 Å². The maximum Gasteiger partial charge on any atom is 0.387 e. The monoisotopic (exact) mass is 291 g/mol.